The van der Waals surface area contributed by atoms with Gasteiger partial charge in [0.1, 0.15) is 4.47 Å². The van der Waals surface area contributed by atoms with E-state index in [2.05, 4.69) is 48.7 Å². The third kappa shape index (κ3) is 3.91. The highest BCUT2D eigenvalue weighted by Crippen LogP contribution is 2.30. The second kappa shape index (κ2) is 7.14. The van der Waals surface area contributed by atoms with Crippen LogP contribution >= 0.6 is 31.9 Å². The second-order valence-corrected chi connectivity index (χ2v) is 8.23. The minimum atomic E-state index is -3.75. The van der Waals surface area contributed by atoms with E-state index >= 15 is 0 Å². The number of anilines is 1. The molecule has 1 aromatic heterocycles. The largest absolute Gasteiger partial charge is 0.336 e. The van der Waals surface area contributed by atoms with Gasteiger partial charge >= 0.3 is 0 Å². The Balaban J connectivity index is 2.40. The third-order valence-corrected chi connectivity index (χ3v) is 5.98. The lowest BCUT2D eigenvalue weighted by Crippen LogP contribution is -2.15. The summed E-state index contributed by atoms with van der Waals surface area (Å²) in [6.45, 7) is 3.79. The summed E-state index contributed by atoms with van der Waals surface area (Å²) >= 11 is 6.58. The highest BCUT2D eigenvalue weighted by molar-refractivity contribution is 9.11. The molecule has 0 aliphatic rings. The van der Waals surface area contributed by atoms with Crippen molar-refractivity contribution in [3.8, 4) is 0 Å². The van der Waals surface area contributed by atoms with E-state index in [9.17, 15) is 8.42 Å². The fourth-order valence-electron chi connectivity index (χ4n) is 1.95. The molecule has 1 aromatic carbocycles. The van der Waals surface area contributed by atoms with Crippen molar-refractivity contribution in [2.45, 2.75) is 38.0 Å². The Hall–Kier alpha value is -0.860. The minimum Gasteiger partial charge on any atom is -0.336 e. The van der Waals surface area contributed by atoms with E-state index in [0.29, 0.717) is 21.1 Å². The molecule has 0 aliphatic carbocycles. The zero-order chi connectivity index (χ0) is 16.3. The summed E-state index contributed by atoms with van der Waals surface area (Å²) in [6.07, 6.45) is 2.63. The molecule has 22 heavy (non-hydrogen) atoms. The van der Waals surface area contributed by atoms with Gasteiger partial charge in [0.25, 0.3) is 15.9 Å². The first-order valence-corrected chi connectivity index (χ1v) is 9.85. The first-order valence-electron chi connectivity index (χ1n) is 6.78. The number of aryl methyl sites for hydroxylation is 2. The van der Waals surface area contributed by atoms with Gasteiger partial charge in [-0.3, -0.25) is 0 Å². The lowest BCUT2D eigenvalue weighted by atomic mass is 10.1. The van der Waals surface area contributed by atoms with Crippen LogP contribution in [0, 0.1) is 6.92 Å². The molecule has 2 rings (SSSR count). The topological polar surface area (TPSA) is 72.2 Å². The predicted molar refractivity (Wildman–Crippen MR) is 92.5 cm³/mol. The van der Waals surface area contributed by atoms with Crippen LogP contribution in [0.25, 0.3) is 0 Å². The normalized spacial score (nSPS) is 11.6. The van der Waals surface area contributed by atoms with Crippen LogP contribution in [0.4, 0.5) is 5.88 Å². The zero-order valence-corrected chi connectivity index (χ0v) is 16.2. The molecular weight excluding hydrogens is 436 g/mol. The monoisotopic (exact) mass is 450 g/mol. The number of rotatable bonds is 6. The third-order valence-electron chi connectivity index (χ3n) is 3.14. The number of nitrogens with zero attached hydrogens (tertiary/aromatic N) is 1. The molecule has 0 saturated heterocycles. The molecule has 1 heterocycles. The molecule has 0 fully saturated rings. The summed E-state index contributed by atoms with van der Waals surface area (Å²) in [5.74, 6) is 0.0823. The van der Waals surface area contributed by atoms with Crippen LogP contribution < -0.4 is 4.72 Å². The standard InChI is InChI=1S/C14H16Br2N2O3S/c1-3-4-5-10-6-7-11(15)8-12(10)22(19,20)18-14-13(16)9(2)17-21-14/h6-8,18H,3-5H2,1-2H3. The number of unbranched alkanes of at least 4 members (excludes halogenated alkanes) is 1. The molecule has 0 saturated carbocycles. The first kappa shape index (κ1) is 17.5. The van der Waals surface area contributed by atoms with Gasteiger partial charge in [0.05, 0.1) is 10.6 Å². The maximum Gasteiger partial charge on any atom is 0.264 e. The molecule has 2 aromatic rings. The van der Waals surface area contributed by atoms with Crippen molar-refractivity contribution in [3.05, 3.63) is 38.4 Å². The number of nitrogens with one attached hydrogen (secondary N) is 1. The van der Waals surface area contributed by atoms with E-state index in [1.54, 1.807) is 13.0 Å². The van der Waals surface area contributed by atoms with E-state index in [1.165, 1.54) is 0 Å². The summed E-state index contributed by atoms with van der Waals surface area (Å²) in [7, 11) is -3.75. The fourth-order valence-corrected chi connectivity index (χ4v) is 4.13. The van der Waals surface area contributed by atoms with Crippen LogP contribution in [0.2, 0.25) is 0 Å². The Morgan fingerprint density at radius 3 is 2.64 bits per heavy atom. The second-order valence-electron chi connectivity index (χ2n) is 4.87. The highest BCUT2D eigenvalue weighted by atomic mass is 79.9. The van der Waals surface area contributed by atoms with Gasteiger partial charge < -0.3 is 4.52 Å². The number of hydrogen-bond acceptors (Lipinski definition) is 4. The highest BCUT2D eigenvalue weighted by Gasteiger charge is 2.22. The van der Waals surface area contributed by atoms with E-state index in [0.717, 1.165) is 18.4 Å². The Morgan fingerprint density at radius 1 is 1.32 bits per heavy atom. The van der Waals surface area contributed by atoms with Gasteiger partial charge in [0, 0.05) is 4.47 Å². The van der Waals surface area contributed by atoms with Crippen molar-refractivity contribution >= 4 is 47.8 Å². The van der Waals surface area contributed by atoms with Gasteiger partial charge in [-0.05, 0) is 53.4 Å². The Bertz CT molecular complexity index is 772. The summed E-state index contributed by atoms with van der Waals surface area (Å²) in [5, 5.41) is 3.73. The van der Waals surface area contributed by atoms with E-state index in [-0.39, 0.29) is 10.8 Å². The number of hydrogen-bond donors (Lipinski definition) is 1. The molecule has 120 valence electrons. The molecule has 0 bridgehead atoms. The van der Waals surface area contributed by atoms with Gasteiger partial charge in [0.2, 0.25) is 0 Å². The van der Waals surface area contributed by atoms with Gasteiger partial charge in [-0.25, -0.2) is 13.1 Å². The molecule has 1 N–H and O–H groups in total. The van der Waals surface area contributed by atoms with Crippen molar-refractivity contribution in [1.29, 1.82) is 0 Å². The van der Waals surface area contributed by atoms with Crippen LogP contribution in [0.5, 0.6) is 0 Å². The average molecular weight is 452 g/mol. The molecule has 0 radical (unpaired) electrons. The van der Waals surface area contributed by atoms with E-state index in [1.807, 2.05) is 12.1 Å². The zero-order valence-electron chi connectivity index (χ0n) is 12.2. The van der Waals surface area contributed by atoms with E-state index in [4.69, 9.17) is 4.52 Å². The molecule has 0 atom stereocenters. The fraction of sp³-hybridized carbons (Fsp3) is 0.357. The predicted octanol–water partition coefficient (Wildman–Crippen LogP) is 4.65. The van der Waals surface area contributed by atoms with Crippen molar-refractivity contribution in [3.63, 3.8) is 0 Å². The molecule has 0 spiro atoms. The maximum absolute atomic E-state index is 12.7. The van der Waals surface area contributed by atoms with Crippen molar-refractivity contribution in [2.75, 3.05) is 4.72 Å². The molecule has 8 heteroatoms. The number of sulfonamides is 1. The van der Waals surface area contributed by atoms with Crippen LogP contribution in [-0.2, 0) is 16.4 Å². The Morgan fingerprint density at radius 2 is 2.05 bits per heavy atom. The smallest absolute Gasteiger partial charge is 0.264 e. The molecule has 0 amide bonds. The van der Waals surface area contributed by atoms with Crippen LogP contribution in [0.3, 0.4) is 0 Å². The van der Waals surface area contributed by atoms with Crippen LogP contribution in [0.1, 0.15) is 31.0 Å². The van der Waals surface area contributed by atoms with Crippen LogP contribution in [0.15, 0.2) is 36.6 Å². The molecular formula is C14H16Br2N2O3S. The quantitative estimate of drug-likeness (QED) is 0.693. The van der Waals surface area contributed by atoms with Crippen molar-refractivity contribution in [1.82, 2.24) is 5.16 Å². The van der Waals surface area contributed by atoms with Gasteiger partial charge in [0.15, 0.2) is 0 Å². The lowest BCUT2D eigenvalue weighted by molar-refractivity contribution is 0.430. The lowest BCUT2D eigenvalue weighted by Gasteiger charge is -2.11. The molecule has 5 nitrogen and oxygen atoms in total. The summed E-state index contributed by atoms with van der Waals surface area (Å²) in [5.41, 5.74) is 1.36. The Kier molecular flexibility index (Phi) is 5.68. The number of halogens is 2. The summed E-state index contributed by atoms with van der Waals surface area (Å²) < 4.78 is 34.0. The minimum absolute atomic E-state index is 0.0823. The number of benzene rings is 1. The SMILES string of the molecule is CCCCc1ccc(Br)cc1S(=O)(=O)Nc1onc(C)c1Br. The van der Waals surface area contributed by atoms with Crippen molar-refractivity contribution in [2.24, 2.45) is 0 Å². The number of aromatic nitrogens is 1. The first-order chi connectivity index (χ1) is 10.3. The Labute approximate surface area is 146 Å². The average Bonchev–Trinajstić information content (AvgIpc) is 2.77. The summed E-state index contributed by atoms with van der Waals surface area (Å²) in [6, 6.07) is 5.28. The van der Waals surface area contributed by atoms with Gasteiger partial charge in [-0.2, -0.15) is 0 Å². The van der Waals surface area contributed by atoms with Crippen LogP contribution in [-0.4, -0.2) is 13.6 Å². The van der Waals surface area contributed by atoms with E-state index < -0.39 is 10.0 Å². The molecule has 0 unspecified atom stereocenters. The summed E-state index contributed by atoms with van der Waals surface area (Å²) in [4.78, 5) is 0.247. The van der Waals surface area contributed by atoms with Gasteiger partial charge in [-0.15, -0.1) is 0 Å². The van der Waals surface area contributed by atoms with Gasteiger partial charge in [-0.1, -0.05) is 40.5 Å². The maximum atomic E-state index is 12.7. The molecule has 0 aliphatic heterocycles. The van der Waals surface area contributed by atoms with Crippen molar-refractivity contribution < 1.29 is 12.9 Å².